The highest BCUT2D eigenvalue weighted by molar-refractivity contribution is 5.86. The first-order valence-corrected chi connectivity index (χ1v) is 4.43. The van der Waals surface area contributed by atoms with E-state index >= 15 is 0 Å². The molecule has 0 bridgehead atoms. The molecule has 0 amide bonds. The zero-order valence-electron chi connectivity index (χ0n) is 9.03. The first kappa shape index (κ1) is 10.6. The molecule has 0 aromatic heterocycles. The number of rotatable bonds is 3. The third kappa shape index (κ3) is 2.05. The van der Waals surface area contributed by atoms with Crippen molar-refractivity contribution in [2.24, 2.45) is 0 Å². The summed E-state index contributed by atoms with van der Waals surface area (Å²) >= 11 is 0. The molecule has 1 aromatic carbocycles. The Kier molecular flexibility index (Phi) is 3.12. The lowest BCUT2D eigenvalue weighted by atomic mass is 10.1. The monoisotopic (exact) mass is 191 g/mol. The summed E-state index contributed by atoms with van der Waals surface area (Å²) in [5.41, 5.74) is 2.57. The van der Waals surface area contributed by atoms with Crippen molar-refractivity contribution in [1.29, 1.82) is 0 Å². The topological polar surface area (TPSA) is 23.6 Å². The number of hydrogen-bond donors (Lipinski definition) is 0. The van der Waals surface area contributed by atoms with Crippen LogP contribution in [0.25, 0.3) is 0 Å². The average Bonchev–Trinajstić information content (AvgIpc) is 2.16. The maximum Gasteiger partial charge on any atom is 0.235 e. The first-order valence-electron chi connectivity index (χ1n) is 4.43. The van der Waals surface area contributed by atoms with E-state index in [9.17, 15) is 4.79 Å². The Hall–Kier alpha value is -1.51. The molecule has 0 aliphatic rings. The van der Waals surface area contributed by atoms with Gasteiger partial charge in [0.1, 0.15) is 0 Å². The highest BCUT2D eigenvalue weighted by Gasteiger charge is 2.06. The molecule has 3 heteroatoms. The Morgan fingerprint density at radius 3 is 2.14 bits per heavy atom. The lowest BCUT2D eigenvalue weighted by molar-refractivity contribution is 0.563. The Balaban J connectivity index is 3.20. The highest BCUT2D eigenvalue weighted by atomic mass is 16.1. The van der Waals surface area contributed by atoms with Crippen LogP contribution in [0.3, 0.4) is 0 Å². The van der Waals surface area contributed by atoms with Crippen molar-refractivity contribution in [2.75, 3.05) is 38.0 Å². The van der Waals surface area contributed by atoms with Gasteiger partial charge in [-0.3, -0.25) is 4.79 Å². The third-order valence-electron chi connectivity index (χ3n) is 2.09. The molecule has 1 radical (unpaired) electrons. The van der Waals surface area contributed by atoms with Gasteiger partial charge >= 0.3 is 0 Å². The number of benzene rings is 1. The van der Waals surface area contributed by atoms with E-state index in [4.69, 9.17) is 0 Å². The molecule has 0 heterocycles. The summed E-state index contributed by atoms with van der Waals surface area (Å²) in [5.74, 6) is 0. The largest absolute Gasteiger partial charge is 0.378 e. The van der Waals surface area contributed by atoms with Crippen molar-refractivity contribution in [1.82, 2.24) is 0 Å². The summed E-state index contributed by atoms with van der Waals surface area (Å²) in [4.78, 5) is 14.6. The summed E-state index contributed by atoms with van der Waals surface area (Å²) < 4.78 is 0. The summed E-state index contributed by atoms with van der Waals surface area (Å²) in [6.45, 7) is 0. The standard InChI is InChI=1S/C11H15N2O/c1-12(2)10-6-5-9(8-14)11(7-10)13(3)4/h5-7H,1-4H3. The molecule has 0 aliphatic carbocycles. The van der Waals surface area contributed by atoms with E-state index < -0.39 is 0 Å². The van der Waals surface area contributed by atoms with E-state index in [1.54, 1.807) is 6.07 Å². The van der Waals surface area contributed by atoms with Gasteiger partial charge in [0.15, 0.2) is 0 Å². The zero-order valence-corrected chi connectivity index (χ0v) is 9.03. The number of nitrogens with zero attached hydrogens (tertiary/aromatic N) is 2. The van der Waals surface area contributed by atoms with Crippen LogP contribution in [0.15, 0.2) is 18.2 Å². The van der Waals surface area contributed by atoms with Gasteiger partial charge in [0.05, 0.1) is 0 Å². The molecule has 1 rings (SSSR count). The van der Waals surface area contributed by atoms with Crippen LogP contribution in [-0.4, -0.2) is 34.5 Å². The molecule has 3 nitrogen and oxygen atoms in total. The van der Waals surface area contributed by atoms with Crippen LogP contribution < -0.4 is 9.80 Å². The SMILES string of the molecule is CN(C)c1ccc([C]=O)c(N(C)C)c1. The van der Waals surface area contributed by atoms with Crippen molar-refractivity contribution in [2.45, 2.75) is 0 Å². The number of carbonyl (C=O) groups excluding carboxylic acids is 1. The normalized spacial score (nSPS) is 9.71. The summed E-state index contributed by atoms with van der Waals surface area (Å²) in [7, 11) is 7.77. The lowest BCUT2D eigenvalue weighted by Crippen LogP contribution is -2.14. The van der Waals surface area contributed by atoms with Gasteiger partial charge in [0.2, 0.25) is 6.29 Å². The zero-order chi connectivity index (χ0) is 10.7. The summed E-state index contributed by atoms with van der Waals surface area (Å²) in [6, 6.07) is 5.67. The predicted octanol–water partition coefficient (Wildman–Crippen LogP) is 1.28. The van der Waals surface area contributed by atoms with Crippen molar-refractivity contribution in [3.05, 3.63) is 23.8 Å². The highest BCUT2D eigenvalue weighted by Crippen LogP contribution is 2.23. The van der Waals surface area contributed by atoms with Gasteiger partial charge in [-0.05, 0) is 18.2 Å². The van der Waals surface area contributed by atoms with Crippen LogP contribution in [-0.2, 0) is 4.79 Å². The van der Waals surface area contributed by atoms with Crippen LogP contribution in [0.1, 0.15) is 5.56 Å². The first-order chi connectivity index (χ1) is 6.56. The van der Waals surface area contributed by atoms with E-state index in [1.165, 1.54) is 0 Å². The van der Waals surface area contributed by atoms with Crippen LogP contribution in [0, 0.1) is 0 Å². The van der Waals surface area contributed by atoms with E-state index in [1.807, 2.05) is 56.4 Å². The second-order valence-electron chi connectivity index (χ2n) is 3.59. The molecular weight excluding hydrogens is 176 g/mol. The summed E-state index contributed by atoms with van der Waals surface area (Å²) in [5, 5.41) is 0. The molecule has 0 fully saturated rings. The second-order valence-corrected chi connectivity index (χ2v) is 3.59. The molecule has 0 unspecified atom stereocenters. The van der Waals surface area contributed by atoms with Crippen LogP contribution >= 0.6 is 0 Å². The fourth-order valence-electron chi connectivity index (χ4n) is 1.25. The average molecular weight is 191 g/mol. The molecular formula is C11H15N2O. The fraction of sp³-hybridized carbons (Fsp3) is 0.364. The van der Waals surface area contributed by atoms with Gasteiger partial charge in [0, 0.05) is 45.1 Å². The minimum atomic E-state index is 0.598. The molecule has 14 heavy (non-hydrogen) atoms. The van der Waals surface area contributed by atoms with Crippen molar-refractivity contribution >= 4 is 17.7 Å². The fourth-order valence-corrected chi connectivity index (χ4v) is 1.25. The van der Waals surface area contributed by atoms with E-state index in [2.05, 4.69) is 0 Å². The van der Waals surface area contributed by atoms with Gasteiger partial charge in [-0.15, -0.1) is 0 Å². The third-order valence-corrected chi connectivity index (χ3v) is 2.09. The van der Waals surface area contributed by atoms with Crippen LogP contribution in [0.2, 0.25) is 0 Å². The van der Waals surface area contributed by atoms with Gasteiger partial charge in [0.25, 0.3) is 0 Å². The van der Waals surface area contributed by atoms with Gasteiger partial charge in [-0.1, -0.05) is 0 Å². The Morgan fingerprint density at radius 1 is 1.07 bits per heavy atom. The van der Waals surface area contributed by atoms with Crippen molar-refractivity contribution in [3.63, 3.8) is 0 Å². The molecule has 0 spiro atoms. The maximum atomic E-state index is 10.6. The second kappa shape index (κ2) is 4.13. The minimum Gasteiger partial charge on any atom is -0.378 e. The van der Waals surface area contributed by atoms with Crippen LogP contribution in [0.4, 0.5) is 11.4 Å². The van der Waals surface area contributed by atoms with E-state index in [0.29, 0.717) is 5.56 Å². The molecule has 0 saturated heterocycles. The molecule has 0 saturated carbocycles. The van der Waals surface area contributed by atoms with Gasteiger partial charge < -0.3 is 9.80 Å². The maximum absolute atomic E-state index is 10.6. The Labute approximate surface area is 84.9 Å². The summed E-state index contributed by atoms with van der Waals surface area (Å²) in [6.07, 6.45) is 1.93. The Bertz CT molecular complexity index is 332. The molecule has 1 aromatic rings. The number of hydrogen-bond acceptors (Lipinski definition) is 3. The van der Waals surface area contributed by atoms with E-state index in [-0.39, 0.29) is 0 Å². The quantitative estimate of drug-likeness (QED) is 0.719. The molecule has 75 valence electrons. The molecule has 0 N–H and O–H groups in total. The molecule has 0 atom stereocenters. The lowest BCUT2D eigenvalue weighted by Gasteiger charge is -2.19. The number of anilines is 2. The van der Waals surface area contributed by atoms with Gasteiger partial charge in [-0.2, -0.15) is 0 Å². The predicted molar refractivity (Wildman–Crippen MR) is 59.9 cm³/mol. The van der Waals surface area contributed by atoms with Gasteiger partial charge in [-0.25, -0.2) is 0 Å². The van der Waals surface area contributed by atoms with Crippen molar-refractivity contribution in [3.8, 4) is 0 Å². The Morgan fingerprint density at radius 2 is 1.71 bits per heavy atom. The molecule has 0 aliphatic heterocycles. The van der Waals surface area contributed by atoms with Crippen molar-refractivity contribution < 1.29 is 4.79 Å². The van der Waals surface area contributed by atoms with E-state index in [0.717, 1.165) is 11.4 Å². The van der Waals surface area contributed by atoms with Crippen LogP contribution in [0.5, 0.6) is 0 Å². The minimum absolute atomic E-state index is 0.598. The smallest absolute Gasteiger partial charge is 0.235 e.